The smallest absolute Gasteiger partial charge is 0.415 e. The standard InChI is InChI=1S/C33H39ClN2O6/c1-33(2,3)42-32(40)36(5)20-8-19-35(4)31(39)41-30-27(28(37)25-9-6-7-10-26(25)29(30)38)23-13-11-21(12-14-23)22-15-17-24(34)18-16-22/h6-7,9-10,15-18,21,23H,8,11-14,19-20H2,1-5H3. The quantitative estimate of drug-likeness (QED) is 0.334. The third kappa shape index (κ3) is 7.40. The Kier molecular flexibility index (Phi) is 9.77. The van der Waals surface area contributed by atoms with Crippen LogP contribution in [-0.2, 0) is 9.47 Å². The number of carbonyl (C=O) groups is 4. The zero-order chi connectivity index (χ0) is 30.6. The molecular formula is C33H39ClN2O6. The van der Waals surface area contributed by atoms with Crippen LogP contribution in [0.25, 0.3) is 0 Å². The van der Waals surface area contributed by atoms with Gasteiger partial charge in [0.25, 0.3) is 0 Å². The minimum Gasteiger partial charge on any atom is -0.444 e. The number of hydrogen-bond acceptors (Lipinski definition) is 6. The predicted molar refractivity (Wildman–Crippen MR) is 161 cm³/mol. The number of fused-ring (bicyclic) bond motifs is 1. The summed E-state index contributed by atoms with van der Waals surface area (Å²) in [6.07, 6.45) is 2.36. The van der Waals surface area contributed by atoms with Gasteiger partial charge < -0.3 is 19.3 Å². The van der Waals surface area contributed by atoms with Crippen LogP contribution in [0.4, 0.5) is 9.59 Å². The summed E-state index contributed by atoms with van der Waals surface area (Å²) >= 11 is 6.06. The van der Waals surface area contributed by atoms with Gasteiger partial charge in [-0.3, -0.25) is 9.59 Å². The third-order valence-corrected chi connectivity index (χ3v) is 8.03. The van der Waals surface area contributed by atoms with Crippen LogP contribution < -0.4 is 0 Å². The highest BCUT2D eigenvalue weighted by molar-refractivity contribution is 6.30. The number of carbonyl (C=O) groups excluding carboxylic acids is 4. The van der Waals surface area contributed by atoms with E-state index in [1.54, 1.807) is 59.1 Å². The number of benzene rings is 2. The lowest BCUT2D eigenvalue weighted by Gasteiger charge is -2.32. The zero-order valence-electron chi connectivity index (χ0n) is 24.9. The van der Waals surface area contributed by atoms with E-state index in [2.05, 4.69) is 0 Å². The van der Waals surface area contributed by atoms with E-state index in [0.717, 1.165) is 12.8 Å². The minimum atomic E-state index is -0.724. The Bertz CT molecular complexity index is 1370. The highest BCUT2D eigenvalue weighted by atomic mass is 35.5. The van der Waals surface area contributed by atoms with Crippen LogP contribution in [0.15, 0.2) is 59.9 Å². The van der Waals surface area contributed by atoms with Gasteiger partial charge in [0.1, 0.15) is 5.60 Å². The van der Waals surface area contributed by atoms with E-state index < -0.39 is 23.6 Å². The fraction of sp³-hybridized carbons (Fsp3) is 0.455. The Morgan fingerprint density at radius 2 is 1.33 bits per heavy atom. The summed E-state index contributed by atoms with van der Waals surface area (Å²) in [5.41, 5.74) is 1.48. The highest BCUT2D eigenvalue weighted by Crippen LogP contribution is 2.42. The molecule has 224 valence electrons. The molecule has 4 rings (SSSR count). The molecule has 1 fully saturated rings. The lowest BCUT2D eigenvalue weighted by atomic mass is 9.72. The molecule has 0 unspecified atom stereocenters. The van der Waals surface area contributed by atoms with Crippen molar-refractivity contribution in [3.63, 3.8) is 0 Å². The SMILES string of the molecule is CN(CCCN(C)C(=O)OC(C)(C)C)C(=O)OC1=C(C2CCC(c3ccc(Cl)cc3)CC2)C(=O)c2ccccc2C1=O. The Labute approximate surface area is 252 Å². The molecule has 0 radical (unpaired) electrons. The minimum absolute atomic E-state index is 0.170. The van der Waals surface area contributed by atoms with E-state index >= 15 is 0 Å². The Balaban J connectivity index is 1.47. The molecule has 0 N–H and O–H groups in total. The molecule has 2 aliphatic carbocycles. The van der Waals surface area contributed by atoms with Crippen molar-refractivity contribution in [2.24, 2.45) is 5.92 Å². The first kappa shape index (κ1) is 31.3. The second-order valence-electron chi connectivity index (χ2n) is 12.1. The molecular weight excluding hydrogens is 556 g/mol. The van der Waals surface area contributed by atoms with Crippen molar-refractivity contribution in [1.82, 2.24) is 9.80 Å². The van der Waals surface area contributed by atoms with Gasteiger partial charge in [0.2, 0.25) is 5.78 Å². The van der Waals surface area contributed by atoms with Crippen LogP contribution in [-0.4, -0.2) is 66.3 Å². The average Bonchev–Trinajstić information content (AvgIpc) is 2.95. The normalized spacial score (nSPS) is 18.8. The molecule has 0 heterocycles. The van der Waals surface area contributed by atoms with E-state index in [-0.39, 0.29) is 29.6 Å². The van der Waals surface area contributed by atoms with Gasteiger partial charge >= 0.3 is 12.2 Å². The van der Waals surface area contributed by atoms with Gasteiger partial charge in [-0.1, -0.05) is 48.0 Å². The van der Waals surface area contributed by atoms with Crippen molar-refractivity contribution in [2.45, 2.75) is 64.4 Å². The van der Waals surface area contributed by atoms with Crippen molar-refractivity contribution in [1.29, 1.82) is 0 Å². The summed E-state index contributed by atoms with van der Waals surface area (Å²) in [5.74, 6) is -0.752. The molecule has 0 spiro atoms. The van der Waals surface area contributed by atoms with Gasteiger partial charge in [0.15, 0.2) is 11.5 Å². The van der Waals surface area contributed by atoms with E-state index in [1.807, 2.05) is 24.3 Å². The highest BCUT2D eigenvalue weighted by Gasteiger charge is 2.40. The number of nitrogens with zero attached hydrogens (tertiary/aromatic N) is 2. The van der Waals surface area contributed by atoms with Crippen molar-refractivity contribution in [2.75, 3.05) is 27.2 Å². The molecule has 0 aromatic heterocycles. The molecule has 42 heavy (non-hydrogen) atoms. The largest absolute Gasteiger partial charge is 0.444 e. The maximum absolute atomic E-state index is 13.7. The monoisotopic (exact) mass is 594 g/mol. The first-order valence-electron chi connectivity index (χ1n) is 14.4. The number of halogens is 1. The van der Waals surface area contributed by atoms with Crippen molar-refractivity contribution in [3.8, 4) is 0 Å². The maximum Gasteiger partial charge on any atom is 0.415 e. The molecule has 2 aromatic rings. The molecule has 0 aliphatic heterocycles. The fourth-order valence-corrected chi connectivity index (χ4v) is 5.65. The first-order valence-corrected chi connectivity index (χ1v) is 14.8. The molecule has 2 amide bonds. The summed E-state index contributed by atoms with van der Waals surface area (Å²) in [4.78, 5) is 55.5. The molecule has 0 atom stereocenters. The maximum atomic E-state index is 13.7. The van der Waals surface area contributed by atoms with Gasteiger partial charge in [-0.15, -0.1) is 0 Å². The van der Waals surface area contributed by atoms with Gasteiger partial charge in [0.05, 0.1) is 5.57 Å². The second kappa shape index (κ2) is 13.1. The number of ether oxygens (including phenoxy) is 2. The Morgan fingerprint density at radius 3 is 1.90 bits per heavy atom. The van der Waals surface area contributed by atoms with E-state index in [9.17, 15) is 19.2 Å². The fourth-order valence-electron chi connectivity index (χ4n) is 5.53. The summed E-state index contributed by atoms with van der Waals surface area (Å²) in [6.45, 7) is 6.03. The van der Waals surface area contributed by atoms with Crippen LogP contribution >= 0.6 is 11.6 Å². The summed E-state index contributed by atoms with van der Waals surface area (Å²) in [5, 5.41) is 0.689. The van der Waals surface area contributed by atoms with Gasteiger partial charge in [0, 0.05) is 43.3 Å². The van der Waals surface area contributed by atoms with Gasteiger partial charge in [-0.05, 0) is 82.4 Å². The lowest BCUT2D eigenvalue weighted by molar-refractivity contribution is 0.0294. The van der Waals surface area contributed by atoms with E-state index in [4.69, 9.17) is 21.1 Å². The number of Topliss-reactive ketones (excluding diaryl/α,β-unsaturated/α-hetero) is 2. The van der Waals surface area contributed by atoms with E-state index in [1.165, 1.54) is 15.4 Å². The van der Waals surface area contributed by atoms with Gasteiger partial charge in [-0.2, -0.15) is 0 Å². The predicted octanol–water partition coefficient (Wildman–Crippen LogP) is 7.27. The molecule has 2 aromatic carbocycles. The zero-order valence-corrected chi connectivity index (χ0v) is 25.7. The molecule has 0 bridgehead atoms. The first-order chi connectivity index (χ1) is 19.9. The number of hydrogen-bond donors (Lipinski definition) is 0. The summed E-state index contributed by atoms with van der Waals surface area (Å²) in [7, 11) is 3.20. The van der Waals surface area contributed by atoms with Crippen LogP contribution in [0, 0.1) is 5.92 Å². The topological polar surface area (TPSA) is 93.2 Å². The molecule has 8 nitrogen and oxygen atoms in total. The van der Waals surface area contributed by atoms with Crippen molar-refractivity contribution < 1.29 is 28.7 Å². The number of ketones is 2. The molecule has 0 saturated heterocycles. The van der Waals surface area contributed by atoms with Crippen molar-refractivity contribution >= 4 is 35.4 Å². The molecule has 2 aliphatic rings. The van der Waals surface area contributed by atoms with Crippen LogP contribution in [0.3, 0.4) is 0 Å². The van der Waals surface area contributed by atoms with Crippen molar-refractivity contribution in [3.05, 3.63) is 81.6 Å². The number of allylic oxidation sites excluding steroid dienone is 2. The van der Waals surface area contributed by atoms with Crippen LogP contribution in [0.5, 0.6) is 0 Å². The number of rotatable bonds is 7. The Morgan fingerprint density at radius 1 is 0.810 bits per heavy atom. The lowest BCUT2D eigenvalue weighted by Crippen LogP contribution is -2.37. The third-order valence-electron chi connectivity index (χ3n) is 7.78. The second-order valence-corrected chi connectivity index (χ2v) is 12.5. The summed E-state index contributed by atoms with van der Waals surface area (Å²) < 4.78 is 11.1. The van der Waals surface area contributed by atoms with Gasteiger partial charge in [-0.25, -0.2) is 9.59 Å². The number of amides is 2. The van der Waals surface area contributed by atoms with E-state index in [0.29, 0.717) is 47.9 Å². The Hall–Kier alpha value is -3.65. The molecule has 9 heteroatoms. The molecule has 1 saturated carbocycles. The average molecular weight is 595 g/mol. The van der Waals surface area contributed by atoms with Crippen LogP contribution in [0.2, 0.25) is 5.02 Å². The summed E-state index contributed by atoms with van der Waals surface area (Å²) in [6, 6.07) is 14.5. The van der Waals surface area contributed by atoms with Crippen LogP contribution in [0.1, 0.15) is 85.1 Å².